The lowest BCUT2D eigenvalue weighted by Gasteiger charge is -2.12. The first-order valence-corrected chi connectivity index (χ1v) is 18.0. The molecule has 0 radical (unpaired) electrons. The van der Waals surface area contributed by atoms with Crippen LogP contribution in [0.2, 0.25) is 10.0 Å². The average Bonchev–Trinajstić information content (AvgIpc) is 3.18. The second kappa shape index (κ2) is 21.1. The maximum atomic E-state index is 11.5. The Bertz CT molecular complexity index is 2110. The molecule has 0 saturated heterocycles. The number of halogens is 3. The van der Waals surface area contributed by atoms with Crippen LogP contribution in [-0.4, -0.2) is 35.3 Å². The number of aliphatic hydroxyl groups is 1. The fraction of sp³-hybridized carbons (Fsp3) is 0.205. The molecular weight excluding hydrogens is 743 g/mol. The van der Waals surface area contributed by atoms with Gasteiger partial charge in [0.1, 0.15) is 18.1 Å². The Hall–Kier alpha value is -4.92. The predicted molar refractivity (Wildman–Crippen MR) is 219 cm³/mol. The van der Waals surface area contributed by atoms with E-state index in [1.54, 1.807) is 20.4 Å². The number of ether oxygens (including phenoxy) is 3. The third kappa shape index (κ3) is 12.1. The molecule has 4 aromatic carbocycles. The molecule has 2 aromatic heterocycles. The topological polar surface area (TPSA) is 90.8 Å². The van der Waals surface area contributed by atoms with Gasteiger partial charge in [-0.25, -0.2) is 0 Å². The first-order valence-electron chi connectivity index (χ1n) is 17.3. The van der Waals surface area contributed by atoms with Crippen LogP contribution in [0.25, 0.3) is 22.3 Å². The SMILES string of the molecule is CCCC(=O)OCc1ccc(Cc2ccc(OC)c(-c3cccc(Cl)c3)c2)cn1.COc1ccc(Cc2ccc(CO)nc2)cc1-c1cccc(Cl)c1.Cl. The van der Waals surface area contributed by atoms with Crippen molar-refractivity contribution >= 4 is 41.6 Å². The lowest BCUT2D eigenvalue weighted by atomic mass is 9.98. The molecule has 0 spiro atoms. The zero-order valence-electron chi connectivity index (χ0n) is 30.4. The van der Waals surface area contributed by atoms with E-state index >= 15 is 0 Å². The van der Waals surface area contributed by atoms with Crippen LogP contribution in [0.1, 0.15) is 53.4 Å². The highest BCUT2D eigenvalue weighted by atomic mass is 35.5. The van der Waals surface area contributed by atoms with Crippen molar-refractivity contribution in [1.82, 2.24) is 9.97 Å². The van der Waals surface area contributed by atoms with Crippen molar-refractivity contribution in [2.45, 2.75) is 45.8 Å². The Labute approximate surface area is 333 Å². The molecule has 0 bridgehead atoms. The third-order valence-electron chi connectivity index (χ3n) is 8.38. The highest BCUT2D eigenvalue weighted by molar-refractivity contribution is 6.31. The summed E-state index contributed by atoms with van der Waals surface area (Å²) in [4.78, 5) is 20.1. The van der Waals surface area contributed by atoms with Gasteiger partial charge in [-0.3, -0.25) is 14.8 Å². The smallest absolute Gasteiger partial charge is 0.306 e. The van der Waals surface area contributed by atoms with E-state index in [-0.39, 0.29) is 31.6 Å². The summed E-state index contributed by atoms with van der Waals surface area (Å²) < 4.78 is 16.2. The van der Waals surface area contributed by atoms with E-state index in [1.165, 1.54) is 0 Å². The van der Waals surface area contributed by atoms with E-state index < -0.39 is 0 Å². The largest absolute Gasteiger partial charge is 0.496 e. The molecule has 0 fully saturated rings. The maximum Gasteiger partial charge on any atom is 0.306 e. The number of methoxy groups -OCH3 is 2. The molecule has 0 unspecified atom stereocenters. The number of nitrogens with zero attached hydrogens (tertiary/aromatic N) is 2. The first-order chi connectivity index (χ1) is 25.8. The molecule has 10 heteroatoms. The van der Waals surface area contributed by atoms with E-state index in [9.17, 15) is 4.79 Å². The summed E-state index contributed by atoms with van der Waals surface area (Å²) >= 11 is 12.3. The fourth-order valence-corrected chi connectivity index (χ4v) is 6.07. The van der Waals surface area contributed by atoms with E-state index in [4.69, 9.17) is 42.5 Å². The lowest BCUT2D eigenvalue weighted by molar-refractivity contribution is -0.145. The molecule has 1 N–H and O–H groups in total. The van der Waals surface area contributed by atoms with Crippen LogP contribution in [-0.2, 0) is 35.6 Å². The van der Waals surface area contributed by atoms with Crippen molar-refractivity contribution in [2.75, 3.05) is 14.2 Å². The predicted octanol–water partition coefficient (Wildman–Crippen LogP) is 10.8. The van der Waals surface area contributed by atoms with Gasteiger partial charge in [0.15, 0.2) is 0 Å². The van der Waals surface area contributed by atoms with Gasteiger partial charge in [0.05, 0.1) is 32.2 Å². The summed E-state index contributed by atoms with van der Waals surface area (Å²) in [5.41, 5.74) is 9.94. The van der Waals surface area contributed by atoms with Gasteiger partial charge in [-0.05, 0) is 113 Å². The molecule has 0 amide bonds. The molecule has 6 aromatic rings. The standard InChI is InChI=1S/C24H24ClNO3.C20H18ClNO2.ClH/c1-3-5-24(27)29-16-21-10-8-18(15-26-21)12-17-9-11-23(28-2)22(13-17)19-6-4-7-20(25)14-19;1-24-20-8-6-14(9-15-5-7-18(13-23)22-12-15)10-19(20)16-3-2-4-17(21)11-16;/h4,6-11,13-15H,3,5,12,16H2,1-2H3;2-8,10-12,23H,9,13H2,1H3;1H. The van der Waals surface area contributed by atoms with E-state index in [0.717, 1.165) is 81.0 Å². The number of aromatic nitrogens is 2. The molecule has 6 rings (SSSR count). The molecule has 280 valence electrons. The minimum atomic E-state index is -0.190. The summed E-state index contributed by atoms with van der Waals surface area (Å²) in [6.45, 7) is 2.12. The van der Waals surface area contributed by atoms with E-state index in [1.807, 2.05) is 110 Å². The van der Waals surface area contributed by atoms with Crippen molar-refractivity contribution in [2.24, 2.45) is 0 Å². The van der Waals surface area contributed by atoms with Gasteiger partial charge < -0.3 is 19.3 Å². The van der Waals surface area contributed by atoms with Crippen LogP contribution in [0.15, 0.2) is 122 Å². The van der Waals surface area contributed by atoms with Gasteiger partial charge in [0, 0.05) is 40.0 Å². The van der Waals surface area contributed by atoms with Crippen LogP contribution in [0.4, 0.5) is 0 Å². The minimum absolute atomic E-state index is 0. The van der Waals surface area contributed by atoms with Crippen molar-refractivity contribution in [3.05, 3.63) is 165 Å². The molecule has 2 heterocycles. The van der Waals surface area contributed by atoms with Crippen molar-refractivity contribution in [3.8, 4) is 33.8 Å². The van der Waals surface area contributed by atoms with Gasteiger partial charge in [-0.15, -0.1) is 12.4 Å². The number of hydrogen-bond donors (Lipinski definition) is 1. The molecule has 7 nitrogen and oxygen atoms in total. The number of aliphatic hydroxyl groups excluding tert-OH is 1. The minimum Gasteiger partial charge on any atom is -0.496 e. The first kappa shape index (κ1) is 41.8. The number of esters is 1. The van der Waals surface area contributed by atoms with E-state index in [0.29, 0.717) is 22.2 Å². The highest BCUT2D eigenvalue weighted by Gasteiger charge is 2.11. The summed E-state index contributed by atoms with van der Waals surface area (Å²) in [5.74, 6) is 1.43. The van der Waals surface area contributed by atoms with Crippen LogP contribution >= 0.6 is 35.6 Å². The molecule has 0 saturated carbocycles. The number of carbonyl (C=O) groups is 1. The molecule has 0 atom stereocenters. The number of carbonyl (C=O) groups excluding carboxylic acids is 1. The van der Waals surface area contributed by atoms with Gasteiger partial charge in [0.2, 0.25) is 0 Å². The van der Waals surface area contributed by atoms with Crippen molar-refractivity contribution in [1.29, 1.82) is 0 Å². The highest BCUT2D eigenvalue weighted by Crippen LogP contribution is 2.34. The van der Waals surface area contributed by atoms with Crippen molar-refractivity contribution < 1.29 is 24.1 Å². The summed E-state index contributed by atoms with van der Waals surface area (Å²) in [6, 6.07) is 35.5. The Morgan fingerprint density at radius 1 is 0.648 bits per heavy atom. The van der Waals surface area contributed by atoms with Crippen molar-refractivity contribution in [3.63, 3.8) is 0 Å². The zero-order chi connectivity index (χ0) is 37.6. The van der Waals surface area contributed by atoms with Crippen LogP contribution < -0.4 is 9.47 Å². The molecule has 54 heavy (non-hydrogen) atoms. The Kier molecular flexibility index (Phi) is 16.3. The van der Waals surface area contributed by atoms with Gasteiger partial charge in [-0.1, -0.05) is 78.7 Å². The Balaban J connectivity index is 0.000000240. The number of pyridine rings is 2. The zero-order valence-corrected chi connectivity index (χ0v) is 32.8. The second-order valence-corrected chi connectivity index (χ2v) is 13.2. The maximum absolute atomic E-state index is 11.5. The summed E-state index contributed by atoms with van der Waals surface area (Å²) in [5, 5.41) is 10.5. The second-order valence-electron chi connectivity index (χ2n) is 12.3. The molecule has 0 aliphatic heterocycles. The Morgan fingerprint density at radius 3 is 1.54 bits per heavy atom. The van der Waals surface area contributed by atoms with Gasteiger partial charge in [0.25, 0.3) is 0 Å². The van der Waals surface area contributed by atoms with Gasteiger partial charge >= 0.3 is 5.97 Å². The fourth-order valence-electron chi connectivity index (χ4n) is 5.69. The Morgan fingerprint density at radius 2 is 1.13 bits per heavy atom. The third-order valence-corrected chi connectivity index (χ3v) is 8.85. The van der Waals surface area contributed by atoms with Gasteiger partial charge in [-0.2, -0.15) is 0 Å². The monoisotopic (exact) mass is 784 g/mol. The summed E-state index contributed by atoms with van der Waals surface area (Å²) in [6.07, 6.45) is 6.34. The van der Waals surface area contributed by atoms with Crippen LogP contribution in [0.3, 0.4) is 0 Å². The quantitative estimate of drug-likeness (QED) is 0.117. The van der Waals surface area contributed by atoms with Crippen LogP contribution in [0.5, 0.6) is 11.5 Å². The molecule has 0 aliphatic rings. The van der Waals surface area contributed by atoms with E-state index in [2.05, 4.69) is 22.1 Å². The van der Waals surface area contributed by atoms with Crippen LogP contribution in [0, 0.1) is 0 Å². The molecule has 0 aliphatic carbocycles. The molecular formula is C44H43Cl3N2O5. The lowest BCUT2D eigenvalue weighted by Crippen LogP contribution is -2.05. The number of rotatable bonds is 13. The number of hydrogen-bond acceptors (Lipinski definition) is 7. The normalized spacial score (nSPS) is 10.4. The summed E-state index contributed by atoms with van der Waals surface area (Å²) in [7, 11) is 3.33. The average molecular weight is 786 g/mol. The number of benzene rings is 4.